The lowest BCUT2D eigenvalue weighted by Gasteiger charge is -2.22. The fraction of sp³-hybridized carbons (Fsp3) is 0.800. The molecule has 85 valence electrons. The first-order valence-electron chi connectivity index (χ1n) is 2.92. The molecule has 0 spiro atoms. The molecule has 0 fully saturated rings. The van der Waals surface area contributed by atoms with Gasteiger partial charge in [0, 0.05) is 0 Å². The maximum absolute atomic E-state index is 12.0. The molecule has 2 atom stereocenters. The van der Waals surface area contributed by atoms with Gasteiger partial charge in [-0.05, 0) is 0 Å². The van der Waals surface area contributed by atoms with Crippen molar-refractivity contribution in [2.24, 2.45) is 0 Å². The van der Waals surface area contributed by atoms with E-state index in [2.05, 4.69) is 0 Å². The first kappa shape index (κ1) is 13.4. The van der Waals surface area contributed by atoms with E-state index in [9.17, 15) is 39.5 Å². The second kappa shape index (κ2) is 3.85. The molecule has 0 amide bonds. The Labute approximate surface area is 71.7 Å². The maximum Gasteiger partial charge on any atom is 0.422 e. The Bertz CT molecular complexity index is 182. The van der Waals surface area contributed by atoms with Gasteiger partial charge in [-0.2, -0.15) is 30.7 Å². The molecule has 0 nitrogen and oxygen atoms in total. The molecule has 0 aromatic heterocycles. The van der Waals surface area contributed by atoms with Crippen LogP contribution in [0.1, 0.15) is 0 Å². The molecule has 0 aliphatic rings. The zero-order valence-corrected chi connectivity index (χ0v) is 6.06. The lowest BCUT2D eigenvalue weighted by Crippen LogP contribution is -2.46. The molecule has 0 aliphatic heterocycles. The summed E-state index contributed by atoms with van der Waals surface area (Å²) in [5.74, 6) is -5.74. The highest BCUT2D eigenvalue weighted by Gasteiger charge is 2.61. The molecule has 0 rings (SSSR count). The van der Waals surface area contributed by atoms with Gasteiger partial charge in [-0.1, -0.05) is 0 Å². The number of hydrogen-bond acceptors (Lipinski definition) is 0. The zero-order valence-electron chi connectivity index (χ0n) is 6.06. The molecule has 0 heterocycles. The lowest BCUT2D eigenvalue weighted by atomic mass is 10.1. The summed E-state index contributed by atoms with van der Waals surface area (Å²) in [5, 5.41) is 0. The number of halogens is 9. The van der Waals surface area contributed by atoms with Crippen LogP contribution >= 0.6 is 0 Å². The minimum Gasteiger partial charge on any atom is -0.237 e. The smallest absolute Gasteiger partial charge is 0.237 e. The normalized spacial score (nSPS) is 18.4. The van der Waals surface area contributed by atoms with Gasteiger partial charge >= 0.3 is 18.5 Å². The van der Waals surface area contributed by atoms with Crippen LogP contribution in [0.25, 0.3) is 0 Å². The molecular weight excluding hydrogens is 231 g/mol. The molecule has 0 saturated carbocycles. The Hall–Kier alpha value is -0.630. The summed E-state index contributed by atoms with van der Waals surface area (Å²) in [5.41, 5.74) is 0. The molecular formula is C5H2F9. The monoisotopic (exact) mass is 233 g/mol. The highest BCUT2D eigenvalue weighted by atomic mass is 19.4. The molecule has 0 N–H and O–H groups in total. The van der Waals surface area contributed by atoms with Gasteiger partial charge in [0.05, 0.1) is 0 Å². The van der Waals surface area contributed by atoms with Gasteiger partial charge in [0.2, 0.25) is 12.3 Å². The third-order valence-electron chi connectivity index (χ3n) is 1.17. The summed E-state index contributed by atoms with van der Waals surface area (Å²) < 4.78 is 104. The minimum absolute atomic E-state index is 3.91. The van der Waals surface area contributed by atoms with Crippen LogP contribution in [-0.2, 0) is 0 Å². The Morgan fingerprint density at radius 1 is 0.786 bits per heavy atom. The van der Waals surface area contributed by atoms with Gasteiger partial charge in [-0.15, -0.1) is 0 Å². The summed E-state index contributed by atoms with van der Waals surface area (Å²) in [6.45, 7) is 0. The number of alkyl halides is 7. The molecule has 14 heavy (non-hydrogen) atoms. The van der Waals surface area contributed by atoms with E-state index in [1.165, 1.54) is 0 Å². The van der Waals surface area contributed by atoms with E-state index in [-0.39, 0.29) is 0 Å². The predicted octanol–water partition coefficient (Wildman–Crippen LogP) is 3.29. The van der Waals surface area contributed by atoms with E-state index in [1.807, 2.05) is 0 Å². The van der Waals surface area contributed by atoms with Crippen LogP contribution in [0.2, 0.25) is 0 Å². The van der Waals surface area contributed by atoms with Crippen LogP contribution in [0.4, 0.5) is 39.5 Å². The fourth-order valence-corrected chi connectivity index (χ4v) is 0.454. The van der Waals surface area contributed by atoms with Gasteiger partial charge in [0.1, 0.15) is 0 Å². The first-order valence-corrected chi connectivity index (χ1v) is 2.92. The van der Waals surface area contributed by atoms with E-state index in [0.717, 1.165) is 0 Å². The van der Waals surface area contributed by atoms with Crippen molar-refractivity contribution in [3.8, 4) is 0 Å². The Kier molecular flexibility index (Phi) is 3.68. The van der Waals surface area contributed by atoms with Crippen LogP contribution in [-0.4, -0.2) is 24.4 Å². The molecule has 1 radical (unpaired) electrons. The highest BCUT2D eigenvalue weighted by molar-refractivity contribution is 4.96. The van der Waals surface area contributed by atoms with Crippen LogP contribution in [0.3, 0.4) is 0 Å². The van der Waals surface area contributed by atoms with Crippen LogP contribution < -0.4 is 0 Å². The standard InChI is InChI=1S/C5H2F9/c6-1(2(7)5(12,13)14)4(10,11)3(8)9/h1-2H. The van der Waals surface area contributed by atoms with Gasteiger partial charge < -0.3 is 0 Å². The van der Waals surface area contributed by atoms with Gasteiger partial charge in [0.15, 0.2) is 0 Å². The van der Waals surface area contributed by atoms with Crippen molar-refractivity contribution in [2.45, 2.75) is 24.4 Å². The van der Waals surface area contributed by atoms with Crippen LogP contribution in [0.5, 0.6) is 0 Å². The topological polar surface area (TPSA) is 0 Å². The molecule has 9 heteroatoms. The zero-order chi connectivity index (χ0) is 11.7. The molecule has 0 aromatic carbocycles. The average molecular weight is 233 g/mol. The Balaban J connectivity index is 4.70. The van der Waals surface area contributed by atoms with Gasteiger partial charge in [-0.25, -0.2) is 8.78 Å². The third kappa shape index (κ3) is 2.68. The van der Waals surface area contributed by atoms with Crippen LogP contribution in [0, 0.1) is 6.43 Å². The molecule has 2 unspecified atom stereocenters. The number of rotatable bonds is 3. The summed E-state index contributed by atoms with van der Waals surface area (Å²) in [7, 11) is 0. The minimum atomic E-state index is -5.95. The predicted molar refractivity (Wildman–Crippen MR) is 26.3 cm³/mol. The van der Waals surface area contributed by atoms with Crippen molar-refractivity contribution in [1.82, 2.24) is 0 Å². The largest absolute Gasteiger partial charge is 0.422 e. The van der Waals surface area contributed by atoms with Crippen molar-refractivity contribution in [2.75, 3.05) is 0 Å². The van der Waals surface area contributed by atoms with E-state index in [0.29, 0.717) is 0 Å². The summed E-state index contributed by atoms with van der Waals surface area (Å²) in [4.78, 5) is 0. The van der Waals surface area contributed by atoms with E-state index in [4.69, 9.17) is 0 Å². The third-order valence-corrected chi connectivity index (χ3v) is 1.17. The summed E-state index contributed by atoms with van der Waals surface area (Å²) in [6.07, 6.45) is -19.2. The number of hydrogen-bond donors (Lipinski definition) is 0. The Morgan fingerprint density at radius 2 is 1.14 bits per heavy atom. The van der Waals surface area contributed by atoms with E-state index >= 15 is 0 Å². The quantitative estimate of drug-likeness (QED) is 0.656. The van der Waals surface area contributed by atoms with E-state index < -0.39 is 30.9 Å². The fourth-order valence-electron chi connectivity index (χ4n) is 0.454. The lowest BCUT2D eigenvalue weighted by molar-refractivity contribution is -0.232. The van der Waals surface area contributed by atoms with E-state index in [1.54, 1.807) is 0 Å². The van der Waals surface area contributed by atoms with Crippen molar-refractivity contribution < 1.29 is 39.5 Å². The molecule has 0 bridgehead atoms. The van der Waals surface area contributed by atoms with Gasteiger partial charge in [-0.3, -0.25) is 0 Å². The van der Waals surface area contributed by atoms with Crippen LogP contribution in [0.15, 0.2) is 0 Å². The second-order valence-electron chi connectivity index (χ2n) is 2.23. The Morgan fingerprint density at radius 3 is 1.36 bits per heavy atom. The molecule has 0 saturated heterocycles. The molecule has 0 aromatic rings. The van der Waals surface area contributed by atoms with Crippen molar-refractivity contribution >= 4 is 0 Å². The first-order chi connectivity index (χ1) is 6.01. The summed E-state index contributed by atoms with van der Waals surface area (Å²) in [6, 6.07) is 0. The SMILES string of the molecule is F[C](F)C(F)(F)C(F)C(F)C(F)(F)F. The maximum atomic E-state index is 12.0. The van der Waals surface area contributed by atoms with Crippen molar-refractivity contribution in [3.05, 3.63) is 6.43 Å². The van der Waals surface area contributed by atoms with Gasteiger partial charge in [0.25, 0.3) is 0 Å². The highest BCUT2D eigenvalue weighted by Crippen LogP contribution is 2.40. The average Bonchev–Trinajstić information content (AvgIpc) is 1.99. The molecule has 0 aliphatic carbocycles. The van der Waals surface area contributed by atoms with Crippen molar-refractivity contribution in [1.29, 1.82) is 0 Å². The van der Waals surface area contributed by atoms with Crippen molar-refractivity contribution in [3.63, 3.8) is 0 Å². The summed E-state index contributed by atoms with van der Waals surface area (Å²) >= 11 is 0. The second-order valence-corrected chi connectivity index (χ2v) is 2.23.